The molecular formula is C14H22ClNO. The molecule has 1 aromatic rings. The molecule has 1 atom stereocenters. The highest BCUT2D eigenvalue weighted by Gasteiger charge is 2.13. The lowest BCUT2D eigenvalue weighted by Crippen LogP contribution is -2.20. The highest BCUT2D eigenvalue weighted by molar-refractivity contribution is 6.17. The molecule has 96 valence electrons. The van der Waals surface area contributed by atoms with Gasteiger partial charge in [0.2, 0.25) is 0 Å². The minimum Gasteiger partial charge on any atom is -0.491 e. The van der Waals surface area contributed by atoms with E-state index in [9.17, 15) is 0 Å². The molecule has 0 aliphatic rings. The third kappa shape index (κ3) is 4.57. The molecule has 1 aromatic carbocycles. The third-order valence-electron chi connectivity index (χ3n) is 2.64. The lowest BCUT2D eigenvalue weighted by atomic mass is 10.0. The van der Waals surface area contributed by atoms with Gasteiger partial charge in [0.1, 0.15) is 5.75 Å². The predicted molar refractivity (Wildman–Crippen MR) is 74.0 cm³/mol. The second-order valence-electron chi connectivity index (χ2n) is 4.69. The Morgan fingerprint density at radius 2 is 1.76 bits per heavy atom. The topological polar surface area (TPSA) is 12.5 Å². The quantitative estimate of drug-likeness (QED) is 0.719. The Bertz CT molecular complexity index is 321. The molecule has 0 heterocycles. The molecule has 0 radical (unpaired) electrons. The van der Waals surface area contributed by atoms with Crippen molar-refractivity contribution in [1.29, 1.82) is 0 Å². The number of benzene rings is 1. The fraction of sp³-hybridized carbons (Fsp3) is 0.571. The summed E-state index contributed by atoms with van der Waals surface area (Å²) in [7, 11) is 4.16. The molecule has 0 fully saturated rings. The van der Waals surface area contributed by atoms with Gasteiger partial charge in [-0.05, 0) is 52.1 Å². The van der Waals surface area contributed by atoms with Crippen molar-refractivity contribution in [3.63, 3.8) is 0 Å². The van der Waals surface area contributed by atoms with E-state index in [1.165, 1.54) is 5.56 Å². The smallest absolute Gasteiger partial charge is 0.119 e. The summed E-state index contributed by atoms with van der Waals surface area (Å²) in [5, 5.41) is 0. The summed E-state index contributed by atoms with van der Waals surface area (Å²) in [5.74, 6) is 1.60. The Labute approximate surface area is 110 Å². The fourth-order valence-corrected chi connectivity index (χ4v) is 2.07. The Morgan fingerprint density at radius 1 is 1.18 bits per heavy atom. The monoisotopic (exact) mass is 255 g/mol. The van der Waals surface area contributed by atoms with E-state index in [1.807, 2.05) is 26.0 Å². The summed E-state index contributed by atoms with van der Waals surface area (Å²) in [6.07, 6.45) is 1.17. The molecule has 0 amide bonds. The number of halogens is 1. The molecule has 0 aromatic heterocycles. The molecule has 3 heteroatoms. The van der Waals surface area contributed by atoms with Crippen LogP contribution in [0.4, 0.5) is 0 Å². The molecule has 0 aliphatic heterocycles. The summed E-state index contributed by atoms with van der Waals surface area (Å²) < 4.78 is 5.63. The van der Waals surface area contributed by atoms with Gasteiger partial charge < -0.3 is 9.64 Å². The van der Waals surface area contributed by atoms with Crippen molar-refractivity contribution in [2.24, 2.45) is 0 Å². The van der Waals surface area contributed by atoms with Crippen molar-refractivity contribution in [2.75, 3.05) is 20.0 Å². The Morgan fingerprint density at radius 3 is 2.18 bits per heavy atom. The number of hydrogen-bond donors (Lipinski definition) is 0. The number of ether oxygens (including phenoxy) is 1. The van der Waals surface area contributed by atoms with E-state index in [0.717, 1.165) is 12.2 Å². The largest absolute Gasteiger partial charge is 0.491 e. The van der Waals surface area contributed by atoms with Crippen LogP contribution in [0, 0.1) is 0 Å². The van der Waals surface area contributed by atoms with Crippen LogP contribution < -0.4 is 4.74 Å². The molecule has 2 nitrogen and oxygen atoms in total. The minimum absolute atomic E-state index is 0.216. The second kappa shape index (κ2) is 6.87. The van der Waals surface area contributed by atoms with Gasteiger partial charge in [-0.2, -0.15) is 0 Å². The molecule has 17 heavy (non-hydrogen) atoms. The van der Waals surface area contributed by atoms with E-state index in [4.69, 9.17) is 16.3 Å². The summed E-state index contributed by atoms with van der Waals surface area (Å²) in [5.41, 5.74) is 1.28. The molecule has 0 saturated heterocycles. The molecular weight excluding hydrogens is 234 g/mol. The zero-order valence-electron chi connectivity index (χ0n) is 11.1. The van der Waals surface area contributed by atoms with E-state index < -0.39 is 0 Å². The van der Waals surface area contributed by atoms with Crippen LogP contribution in [0.25, 0.3) is 0 Å². The first-order valence-electron chi connectivity index (χ1n) is 6.03. The van der Waals surface area contributed by atoms with Gasteiger partial charge in [-0.15, -0.1) is 11.6 Å². The van der Waals surface area contributed by atoms with E-state index in [2.05, 4.69) is 31.1 Å². The van der Waals surface area contributed by atoms with Crippen LogP contribution in [0.1, 0.15) is 31.9 Å². The van der Waals surface area contributed by atoms with Crippen molar-refractivity contribution in [3.05, 3.63) is 29.8 Å². The van der Waals surface area contributed by atoms with Crippen LogP contribution in [0.2, 0.25) is 0 Å². The maximum absolute atomic E-state index is 5.84. The minimum atomic E-state index is 0.216. The zero-order chi connectivity index (χ0) is 12.8. The van der Waals surface area contributed by atoms with Crippen molar-refractivity contribution < 1.29 is 4.74 Å². The Hall–Kier alpha value is -0.730. The van der Waals surface area contributed by atoms with Crippen LogP contribution in [0.3, 0.4) is 0 Å². The van der Waals surface area contributed by atoms with Gasteiger partial charge >= 0.3 is 0 Å². The number of alkyl halides is 1. The first-order valence-corrected chi connectivity index (χ1v) is 6.57. The van der Waals surface area contributed by atoms with Gasteiger partial charge in [-0.1, -0.05) is 12.1 Å². The van der Waals surface area contributed by atoms with E-state index >= 15 is 0 Å². The lowest BCUT2D eigenvalue weighted by Gasteiger charge is -2.24. The average Bonchev–Trinajstić information content (AvgIpc) is 2.26. The first-order chi connectivity index (χ1) is 8.04. The van der Waals surface area contributed by atoms with Crippen LogP contribution in [-0.2, 0) is 0 Å². The molecule has 0 bridgehead atoms. The Kier molecular flexibility index (Phi) is 5.79. The SMILES string of the molecule is CC(C)Oc1ccc(C(CCCl)N(C)C)cc1. The maximum atomic E-state index is 5.84. The number of nitrogens with zero attached hydrogens (tertiary/aromatic N) is 1. The van der Waals surface area contributed by atoms with E-state index in [-0.39, 0.29) is 6.10 Å². The van der Waals surface area contributed by atoms with Crippen molar-refractivity contribution in [3.8, 4) is 5.75 Å². The van der Waals surface area contributed by atoms with Crippen LogP contribution >= 0.6 is 11.6 Å². The predicted octanol–water partition coefficient (Wildman–Crippen LogP) is 3.71. The van der Waals surface area contributed by atoms with Crippen LogP contribution in [0.5, 0.6) is 5.75 Å². The lowest BCUT2D eigenvalue weighted by molar-refractivity contribution is 0.242. The molecule has 1 rings (SSSR count). The summed E-state index contributed by atoms with van der Waals surface area (Å²) in [6.45, 7) is 4.06. The van der Waals surface area contributed by atoms with Crippen LogP contribution in [-0.4, -0.2) is 31.0 Å². The van der Waals surface area contributed by atoms with E-state index in [1.54, 1.807) is 0 Å². The van der Waals surface area contributed by atoms with Gasteiger partial charge in [-0.3, -0.25) is 0 Å². The van der Waals surface area contributed by atoms with Gasteiger partial charge in [0.05, 0.1) is 6.10 Å². The average molecular weight is 256 g/mol. The van der Waals surface area contributed by atoms with Crippen LogP contribution in [0.15, 0.2) is 24.3 Å². The zero-order valence-corrected chi connectivity index (χ0v) is 11.9. The number of rotatable bonds is 6. The standard InChI is InChI=1S/C14H22ClNO/c1-11(2)17-13-7-5-12(6-8-13)14(9-10-15)16(3)4/h5-8,11,14H,9-10H2,1-4H3. The molecule has 0 saturated carbocycles. The van der Waals surface area contributed by atoms with Gasteiger partial charge in [0.15, 0.2) is 0 Å². The second-order valence-corrected chi connectivity index (χ2v) is 5.07. The summed E-state index contributed by atoms with van der Waals surface area (Å²) in [4.78, 5) is 2.20. The molecule has 1 unspecified atom stereocenters. The fourth-order valence-electron chi connectivity index (χ4n) is 1.87. The maximum Gasteiger partial charge on any atom is 0.119 e. The summed E-state index contributed by atoms with van der Waals surface area (Å²) >= 11 is 5.84. The number of hydrogen-bond acceptors (Lipinski definition) is 2. The molecule has 0 aliphatic carbocycles. The normalized spacial score (nSPS) is 13.1. The molecule has 0 spiro atoms. The van der Waals surface area contributed by atoms with Gasteiger partial charge in [0.25, 0.3) is 0 Å². The third-order valence-corrected chi connectivity index (χ3v) is 2.86. The Balaban J connectivity index is 2.77. The highest BCUT2D eigenvalue weighted by Crippen LogP contribution is 2.24. The van der Waals surface area contributed by atoms with Crippen molar-refractivity contribution in [1.82, 2.24) is 4.90 Å². The summed E-state index contributed by atoms with van der Waals surface area (Å²) in [6, 6.07) is 8.67. The van der Waals surface area contributed by atoms with E-state index in [0.29, 0.717) is 11.9 Å². The van der Waals surface area contributed by atoms with Gasteiger partial charge in [-0.25, -0.2) is 0 Å². The molecule has 0 N–H and O–H groups in total. The first kappa shape index (κ1) is 14.3. The van der Waals surface area contributed by atoms with Crippen molar-refractivity contribution in [2.45, 2.75) is 32.4 Å². The highest BCUT2D eigenvalue weighted by atomic mass is 35.5. The van der Waals surface area contributed by atoms with Crippen molar-refractivity contribution >= 4 is 11.6 Å². The van der Waals surface area contributed by atoms with Gasteiger partial charge in [0, 0.05) is 11.9 Å².